The minimum atomic E-state index is -3.69. The van der Waals surface area contributed by atoms with E-state index in [1.54, 1.807) is 0 Å². The van der Waals surface area contributed by atoms with Gasteiger partial charge in [-0.1, -0.05) is 13.8 Å². The molecule has 0 atom stereocenters. The van der Waals surface area contributed by atoms with Crippen molar-refractivity contribution in [2.45, 2.75) is 38.1 Å². The molecule has 9 nitrogen and oxygen atoms in total. The number of amides is 3. The van der Waals surface area contributed by atoms with Crippen molar-refractivity contribution in [2.75, 3.05) is 19.6 Å². The monoisotopic (exact) mass is 384 g/mol. The van der Waals surface area contributed by atoms with E-state index in [0.29, 0.717) is 19.6 Å². The van der Waals surface area contributed by atoms with Crippen LogP contribution in [-0.4, -0.2) is 48.9 Å². The molecule has 0 aliphatic carbocycles. The predicted octanol–water partition coefficient (Wildman–Crippen LogP) is 0.115. The first-order valence-corrected chi connectivity index (χ1v) is 9.92. The lowest BCUT2D eigenvalue weighted by molar-refractivity contribution is -0.120. The highest BCUT2D eigenvalue weighted by atomic mass is 32.2. The number of pyridine rings is 1. The van der Waals surface area contributed by atoms with Gasteiger partial charge in [-0.2, -0.15) is 4.31 Å². The number of sulfonamides is 1. The van der Waals surface area contributed by atoms with Crippen LogP contribution < -0.4 is 16.2 Å². The number of carbonyl (C=O) groups excluding carboxylic acids is 2. The van der Waals surface area contributed by atoms with Gasteiger partial charge in [0, 0.05) is 31.9 Å². The number of hydrogen-bond acceptors (Lipinski definition) is 5. The number of nitrogens with zero attached hydrogens (tertiary/aromatic N) is 2. The first kappa shape index (κ1) is 20.1. The second kappa shape index (κ2) is 8.45. The molecule has 0 radical (unpaired) electrons. The zero-order chi connectivity index (χ0) is 19.3. The van der Waals surface area contributed by atoms with Crippen LogP contribution >= 0.6 is 0 Å². The number of aromatic nitrogens is 1. The molecule has 0 saturated carbocycles. The average Bonchev–Trinajstić information content (AvgIpc) is 3.10. The Hall–Kier alpha value is -2.20. The maximum atomic E-state index is 12.6. The predicted molar refractivity (Wildman–Crippen MR) is 95.1 cm³/mol. The molecular weight excluding hydrogens is 360 g/mol. The van der Waals surface area contributed by atoms with E-state index < -0.39 is 34.1 Å². The van der Waals surface area contributed by atoms with E-state index in [9.17, 15) is 22.8 Å². The van der Waals surface area contributed by atoms with E-state index in [2.05, 4.69) is 10.6 Å². The van der Waals surface area contributed by atoms with E-state index in [1.165, 1.54) is 10.4 Å². The number of rotatable bonds is 6. The van der Waals surface area contributed by atoms with Crippen LogP contribution in [0, 0.1) is 5.92 Å². The maximum Gasteiger partial charge on any atom is 0.321 e. The molecule has 0 bridgehead atoms. The number of urea groups is 1. The summed E-state index contributed by atoms with van der Waals surface area (Å²) >= 11 is 0. The molecule has 1 fully saturated rings. The Kier molecular flexibility index (Phi) is 6.54. The van der Waals surface area contributed by atoms with Crippen molar-refractivity contribution in [1.82, 2.24) is 19.5 Å². The Morgan fingerprint density at radius 3 is 2.46 bits per heavy atom. The summed E-state index contributed by atoms with van der Waals surface area (Å²) in [5, 5.41) is 4.64. The largest absolute Gasteiger partial charge is 0.338 e. The van der Waals surface area contributed by atoms with E-state index in [1.807, 2.05) is 13.8 Å². The van der Waals surface area contributed by atoms with Crippen LogP contribution in [0.4, 0.5) is 4.79 Å². The van der Waals surface area contributed by atoms with Gasteiger partial charge in [0.15, 0.2) is 0 Å². The second-order valence-corrected chi connectivity index (χ2v) is 8.53. The SMILES string of the molecule is CC(C)CNC(=O)NC(=O)Cn1cc(S(=O)(=O)N2CCCC2)ccc1=O. The lowest BCUT2D eigenvalue weighted by Crippen LogP contribution is -2.43. The van der Waals surface area contributed by atoms with Crippen molar-refractivity contribution in [3.8, 4) is 0 Å². The third-order valence-corrected chi connectivity index (χ3v) is 5.78. The molecule has 2 N–H and O–H groups in total. The zero-order valence-corrected chi connectivity index (χ0v) is 15.7. The maximum absolute atomic E-state index is 12.6. The minimum absolute atomic E-state index is 0.0453. The van der Waals surface area contributed by atoms with Crippen molar-refractivity contribution < 1.29 is 18.0 Å². The van der Waals surface area contributed by atoms with Crippen molar-refractivity contribution in [3.05, 3.63) is 28.7 Å². The summed E-state index contributed by atoms with van der Waals surface area (Å²) in [4.78, 5) is 35.4. The van der Waals surface area contributed by atoms with Gasteiger partial charge in [-0.3, -0.25) is 14.9 Å². The van der Waals surface area contributed by atoms with Gasteiger partial charge >= 0.3 is 6.03 Å². The fraction of sp³-hybridized carbons (Fsp3) is 0.562. The van der Waals surface area contributed by atoms with Crippen LogP contribution in [0.1, 0.15) is 26.7 Å². The number of hydrogen-bond donors (Lipinski definition) is 2. The van der Waals surface area contributed by atoms with Crippen LogP contribution in [0.2, 0.25) is 0 Å². The molecule has 1 aromatic heterocycles. The molecule has 0 aromatic carbocycles. The lowest BCUT2D eigenvalue weighted by atomic mass is 10.2. The quantitative estimate of drug-likeness (QED) is 0.722. The van der Waals surface area contributed by atoms with E-state index >= 15 is 0 Å². The Balaban J connectivity index is 2.09. The summed E-state index contributed by atoms with van der Waals surface area (Å²) in [6.45, 7) is 4.66. The Bertz CT molecular complexity index is 825. The molecule has 0 unspecified atom stereocenters. The molecule has 1 saturated heterocycles. The van der Waals surface area contributed by atoms with Crippen LogP contribution in [0.25, 0.3) is 0 Å². The Morgan fingerprint density at radius 2 is 1.85 bits per heavy atom. The highest BCUT2D eigenvalue weighted by Crippen LogP contribution is 2.19. The number of nitrogens with one attached hydrogen (secondary N) is 2. The second-order valence-electron chi connectivity index (χ2n) is 6.59. The van der Waals surface area contributed by atoms with Gasteiger partial charge in [0.1, 0.15) is 6.54 Å². The molecule has 10 heteroatoms. The standard InChI is InChI=1S/C16H24N4O5S/c1-12(2)9-17-16(23)18-14(21)11-19-10-13(5-6-15(19)22)26(24,25)20-7-3-4-8-20/h5-6,10,12H,3-4,7-9,11H2,1-2H3,(H2,17,18,21,23). The van der Waals surface area contributed by atoms with Crippen LogP contribution in [0.3, 0.4) is 0 Å². The van der Waals surface area contributed by atoms with Gasteiger partial charge in [0.2, 0.25) is 15.9 Å². The van der Waals surface area contributed by atoms with Crippen molar-refractivity contribution in [1.29, 1.82) is 0 Å². The molecule has 1 aliphatic heterocycles. The van der Waals surface area contributed by atoms with E-state index in [4.69, 9.17) is 0 Å². The van der Waals surface area contributed by atoms with Gasteiger partial charge in [-0.05, 0) is 24.8 Å². The van der Waals surface area contributed by atoms with Crippen molar-refractivity contribution >= 4 is 22.0 Å². The van der Waals surface area contributed by atoms with E-state index in [0.717, 1.165) is 29.7 Å². The fourth-order valence-corrected chi connectivity index (χ4v) is 4.06. The third-order valence-electron chi connectivity index (χ3n) is 3.90. The molecule has 2 rings (SSSR count). The summed E-state index contributed by atoms with van der Waals surface area (Å²) in [7, 11) is -3.69. The number of carbonyl (C=O) groups is 2. The minimum Gasteiger partial charge on any atom is -0.338 e. The lowest BCUT2D eigenvalue weighted by Gasteiger charge is -2.16. The smallest absolute Gasteiger partial charge is 0.321 e. The Labute approximate surface area is 152 Å². The first-order valence-electron chi connectivity index (χ1n) is 8.48. The average molecular weight is 384 g/mol. The van der Waals surface area contributed by atoms with Gasteiger partial charge in [0.25, 0.3) is 5.56 Å². The molecule has 0 spiro atoms. The molecule has 3 amide bonds. The molecule has 144 valence electrons. The highest BCUT2D eigenvalue weighted by molar-refractivity contribution is 7.89. The van der Waals surface area contributed by atoms with Crippen molar-refractivity contribution in [2.24, 2.45) is 5.92 Å². The molecule has 1 aliphatic rings. The fourth-order valence-electron chi connectivity index (χ4n) is 2.52. The summed E-state index contributed by atoms with van der Waals surface area (Å²) in [6.07, 6.45) is 2.74. The van der Waals surface area contributed by atoms with Crippen LogP contribution in [-0.2, 0) is 21.4 Å². The third kappa shape index (κ3) is 5.15. The summed E-state index contributed by atoms with van der Waals surface area (Å²) < 4.78 is 27.5. The van der Waals surface area contributed by atoms with Gasteiger partial charge < -0.3 is 9.88 Å². The van der Waals surface area contributed by atoms with E-state index in [-0.39, 0.29) is 10.8 Å². The first-order chi connectivity index (χ1) is 12.2. The normalized spacial score (nSPS) is 15.2. The molecule has 2 heterocycles. The molecule has 26 heavy (non-hydrogen) atoms. The van der Waals surface area contributed by atoms with Crippen LogP contribution in [0.15, 0.2) is 28.0 Å². The van der Waals surface area contributed by atoms with Crippen molar-refractivity contribution in [3.63, 3.8) is 0 Å². The highest BCUT2D eigenvalue weighted by Gasteiger charge is 2.27. The van der Waals surface area contributed by atoms with Gasteiger partial charge in [0.05, 0.1) is 4.90 Å². The summed E-state index contributed by atoms with van der Waals surface area (Å²) in [5.74, 6) is -0.477. The number of imide groups is 1. The van der Waals surface area contributed by atoms with Crippen LogP contribution in [0.5, 0.6) is 0 Å². The van der Waals surface area contributed by atoms with Gasteiger partial charge in [-0.25, -0.2) is 13.2 Å². The zero-order valence-electron chi connectivity index (χ0n) is 14.9. The molecular formula is C16H24N4O5S. The summed E-state index contributed by atoms with van der Waals surface area (Å²) in [5.41, 5.74) is -0.525. The Morgan fingerprint density at radius 1 is 1.19 bits per heavy atom. The van der Waals surface area contributed by atoms with Gasteiger partial charge in [-0.15, -0.1) is 0 Å². The summed E-state index contributed by atoms with van der Waals surface area (Å²) in [6, 6.07) is 1.69. The topological polar surface area (TPSA) is 118 Å². The molecule has 1 aromatic rings.